The van der Waals surface area contributed by atoms with Crippen molar-refractivity contribution in [2.75, 3.05) is 0 Å². The number of halogens is 4. The maximum atomic E-state index is 12.8. The molecule has 1 amide bonds. The van der Waals surface area contributed by atoms with Crippen molar-refractivity contribution in [2.45, 2.75) is 69.9 Å². The molecule has 0 unspecified atom stereocenters. The number of fused-ring (bicyclic) bond motifs is 1. The Morgan fingerprint density at radius 3 is 2.28 bits per heavy atom. The van der Waals surface area contributed by atoms with Crippen LogP contribution >= 0.6 is 27.3 Å². The molecule has 0 bridgehead atoms. The number of alkyl halides is 3. The van der Waals surface area contributed by atoms with Gasteiger partial charge >= 0.3 is 12.3 Å². The van der Waals surface area contributed by atoms with Crippen molar-refractivity contribution < 1.29 is 28.2 Å². The number of carbonyl (C=O) groups is 1. The average molecular weight is 588 g/mol. The first-order chi connectivity index (χ1) is 16.5. The largest absolute Gasteiger partial charge is 0.465 e. The Bertz CT molecular complexity index is 1380. The van der Waals surface area contributed by atoms with Crippen LogP contribution in [-0.4, -0.2) is 48.1 Å². The second-order valence-corrected chi connectivity index (χ2v) is 12.3. The zero-order valence-corrected chi connectivity index (χ0v) is 22.4. The molecule has 1 saturated carbocycles. The maximum absolute atomic E-state index is 12.8. The van der Waals surface area contributed by atoms with Gasteiger partial charge in [-0.05, 0) is 54.8 Å². The lowest BCUT2D eigenvalue weighted by Gasteiger charge is -2.60. The molecule has 3 aromatic rings. The second kappa shape index (κ2) is 8.56. The number of nitrogens with zero attached hydrogens (tertiary/aromatic N) is 3. The number of aromatic nitrogens is 2. The summed E-state index contributed by atoms with van der Waals surface area (Å²) in [6.07, 6.45) is -4.28. The van der Waals surface area contributed by atoms with E-state index < -0.39 is 41.1 Å². The van der Waals surface area contributed by atoms with E-state index in [1.165, 1.54) is 16.2 Å². The Kier molecular flexibility index (Phi) is 6.33. The Hall–Kier alpha value is -2.44. The van der Waals surface area contributed by atoms with Gasteiger partial charge in [-0.25, -0.2) is 9.78 Å². The van der Waals surface area contributed by atoms with Gasteiger partial charge in [-0.15, -0.1) is 11.3 Å². The van der Waals surface area contributed by atoms with Gasteiger partial charge in [-0.1, -0.05) is 24.3 Å². The van der Waals surface area contributed by atoms with E-state index >= 15 is 0 Å². The van der Waals surface area contributed by atoms with E-state index in [0.717, 1.165) is 11.9 Å². The molecule has 36 heavy (non-hydrogen) atoms. The molecule has 2 aromatic heterocycles. The van der Waals surface area contributed by atoms with E-state index in [1.54, 1.807) is 52.0 Å². The maximum Gasteiger partial charge on any atom is 0.408 e. The third-order valence-corrected chi connectivity index (χ3v) is 8.49. The van der Waals surface area contributed by atoms with Crippen LogP contribution in [0.25, 0.3) is 20.7 Å². The van der Waals surface area contributed by atoms with Crippen molar-refractivity contribution in [3.8, 4) is 10.4 Å². The minimum atomic E-state index is -4.56. The van der Waals surface area contributed by atoms with Crippen molar-refractivity contribution in [2.24, 2.45) is 0 Å². The van der Waals surface area contributed by atoms with Crippen LogP contribution < -0.4 is 5.56 Å². The number of carboxylic acid groups (broad SMARTS) is 1. The molecule has 0 radical (unpaired) electrons. The average Bonchev–Trinajstić information content (AvgIpc) is 3.03. The Labute approximate surface area is 217 Å². The zero-order valence-electron chi connectivity index (χ0n) is 20.0. The summed E-state index contributed by atoms with van der Waals surface area (Å²) in [7, 11) is 0. The Balaban J connectivity index is 1.76. The predicted molar refractivity (Wildman–Crippen MR) is 134 cm³/mol. The van der Waals surface area contributed by atoms with E-state index in [2.05, 4.69) is 20.9 Å². The number of amides is 1. The standard InChI is InChI=1S/C24H25BrF3N3O4S/c1-21(2,3)31(20(33)34)23(9-22(4,35)10-23)14-7-5-13(6-8-14)17-16(25)15-18(36-17)29-12-30(19(15)32)11-24(26,27)28/h5-8,12,35H,9-11H2,1-4H3,(H,33,34). The lowest BCUT2D eigenvalue weighted by Crippen LogP contribution is -2.67. The highest BCUT2D eigenvalue weighted by atomic mass is 79.9. The normalized spacial score (nSPS) is 22.5. The van der Waals surface area contributed by atoms with Crippen molar-refractivity contribution in [1.82, 2.24) is 14.5 Å². The van der Waals surface area contributed by atoms with E-state index in [1.807, 2.05) is 0 Å². The van der Waals surface area contributed by atoms with Crippen molar-refractivity contribution >= 4 is 43.6 Å². The van der Waals surface area contributed by atoms with Crippen molar-refractivity contribution in [3.63, 3.8) is 0 Å². The molecule has 1 aliphatic rings. The number of benzene rings is 1. The number of rotatable bonds is 4. The fraction of sp³-hybridized carbons (Fsp3) is 0.458. The highest BCUT2D eigenvalue weighted by molar-refractivity contribution is 9.10. The van der Waals surface area contributed by atoms with E-state index in [-0.39, 0.29) is 18.2 Å². The summed E-state index contributed by atoms with van der Waals surface area (Å²) in [5.74, 6) is 0. The lowest BCUT2D eigenvalue weighted by molar-refractivity contribution is -0.152. The van der Waals surface area contributed by atoms with Gasteiger partial charge in [0.1, 0.15) is 11.4 Å². The third-order valence-electron chi connectivity index (χ3n) is 6.29. The van der Waals surface area contributed by atoms with Gasteiger partial charge in [0.2, 0.25) is 0 Å². The molecule has 2 N–H and O–H groups in total. The first kappa shape index (κ1) is 26.6. The fourth-order valence-electron chi connectivity index (χ4n) is 5.23. The monoisotopic (exact) mass is 587 g/mol. The lowest BCUT2D eigenvalue weighted by atomic mass is 9.60. The number of aliphatic hydroxyl groups is 1. The van der Waals surface area contributed by atoms with Gasteiger partial charge < -0.3 is 10.2 Å². The smallest absolute Gasteiger partial charge is 0.408 e. The van der Waals surface area contributed by atoms with Crippen LogP contribution in [0.5, 0.6) is 0 Å². The summed E-state index contributed by atoms with van der Waals surface area (Å²) in [6, 6.07) is 7.13. The van der Waals surface area contributed by atoms with E-state index in [9.17, 15) is 33.0 Å². The molecule has 0 saturated heterocycles. The van der Waals surface area contributed by atoms with Crippen LogP contribution in [0.2, 0.25) is 0 Å². The third kappa shape index (κ3) is 4.66. The van der Waals surface area contributed by atoms with Crippen LogP contribution in [0.1, 0.15) is 46.1 Å². The molecule has 7 nitrogen and oxygen atoms in total. The molecular formula is C24H25BrF3N3O4S. The zero-order chi connectivity index (χ0) is 26.8. The van der Waals surface area contributed by atoms with Crippen molar-refractivity contribution in [1.29, 1.82) is 0 Å². The molecule has 0 atom stereocenters. The van der Waals surface area contributed by atoms with Crippen LogP contribution in [-0.2, 0) is 12.1 Å². The highest BCUT2D eigenvalue weighted by Crippen LogP contribution is 2.54. The topological polar surface area (TPSA) is 95.7 Å². The molecule has 0 aliphatic heterocycles. The summed E-state index contributed by atoms with van der Waals surface area (Å²) in [4.78, 5) is 31.3. The number of hydrogen-bond donors (Lipinski definition) is 2. The van der Waals surface area contributed by atoms with Gasteiger partial charge in [-0.3, -0.25) is 14.3 Å². The molecule has 2 heterocycles. The fourth-order valence-corrected chi connectivity index (χ4v) is 7.22. The molecule has 1 aliphatic carbocycles. The molecule has 194 valence electrons. The van der Waals surface area contributed by atoms with Gasteiger partial charge in [0.15, 0.2) is 0 Å². The van der Waals surface area contributed by atoms with Crippen LogP contribution in [0, 0.1) is 0 Å². The molecular weight excluding hydrogens is 563 g/mol. The van der Waals surface area contributed by atoms with Gasteiger partial charge in [0.25, 0.3) is 5.56 Å². The molecule has 1 aromatic carbocycles. The highest BCUT2D eigenvalue weighted by Gasteiger charge is 2.59. The minimum absolute atomic E-state index is 0.0714. The summed E-state index contributed by atoms with van der Waals surface area (Å²) >= 11 is 4.55. The van der Waals surface area contributed by atoms with Gasteiger partial charge in [0, 0.05) is 18.4 Å². The van der Waals surface area contributed by atoms with Crippen molar-refractivity contribution in [3.05, 3.63) is 51.0 Å². The van der Waals surface area contributed by atoms with Gasteiger partial charge in [0.05, 0.1) is 32.2 Å². The molecule has 0 spiro atoms. The SMILES string of the molecule is CC1(O)CC(c2ccc(-c3sc4ncn(CC(F)(F)F)c(=O)c4c3Br)cc2)(N(C(=O)O)C(C)(C)C)C1. The Morgan fingerprint density at radius 2 is 1.81 bits per heavy atom. The summed E-state index contributed by atoms with van der Waals surface area (Å²) < 4.78 is 39.4. The van der Waals surface area contributed by atoms with Crippen LogP contribution in [0.4, 0.5) is 18.0 Å². The predicted octanol–water partition coefficient (Wildman–Crippen LogP) is 5.97. The Morgan fingerprint density at radius 1 is 1.22 bits per heavy atom. The van der Waals surface area contributed by atoms with Crippen LogP contribution in [0.15, 0.2) is 39.9 Å². The first-order valence-electron chi connectivity index (χ1n) is 11.1. The molecule has 1 fully saturated rings. The number of hydrogen-bond acceptors (Lipinski definition) is 5. The summed E-state index contributed by atoms with van der Waals surface area (Å²) in [5.41, 5.74) is -2.03. The van der Waals surface area contributed by atoms with E-state index in [4.69, 9.17) is 0 Å². The van der Waals surface area contributed by atoms with Gasteiger partial charge in [-0.2, -0.15) is 13.2 Å². The van der Waals surface area contributed by atoms with E-state index in [0.29, 0.717) is 24.3 Å². The second-order valence-electron chi connectivity index (χ2n) is 10.5. The first-order valence-corrected chi connectivity index (χ1v) is 12.7. The quantitative estimate of drug-likeness (QED) is 0.392. The molecule has 12 heteroatoms. The summed E-state index contributed by atoms with van der Waals surface area (Å²) in [5, 5.41) is 20.7. The minimum Gasteiger partial charge on any atom is -0.465 e. The molecule has 4 rings (SSSR count). The van der Waals surface area contributed by atoms with Crippen LogP contribution in [0.3, 0.4) is 0 Å². The summed E-state index contributed by atoms with van der Waals surface area (Å²) in [6.45, 7) is 5.65. The number of thiophene rings is 1.